The van der Waals surface area contributed by atoms with Crippen LogP contribution in [0.1, 0.15) is 6.42 Å². The van der Waals surface area contributed by atoms with Crippen LogP contribution in [-0.2, 0) is 9.59 Å². The number of carboxylic acid groups (broad SMARTS) is 1. The monoisotopic (exact) mass is 178 g/mol. The molecule has 12 heavy (non-hydrogen) atoms. The molecule has 0 aliphatic heterocycles. The number of carbonyl (C=O) groups excluding carboxylic acids is 1. The Balaban J connectivity index is 3.94. The van der Waals surface area contributed by atoms with Gasteiger partial charge in [-0.25, -0.2) is 4.79 Å². The van der Waals surface area contributed by atoms with Gasteiger partial charge in [0.05, 0.1) is 6.10 Å². The van der Waals surface area contributed by atoms with Crippen LogP contribution in [0.5, 0.6) is 0 Å². The van der Waals surface area contributed by atoms with Crippen LogP contribution >= 0.6 is 0 Å². The van der Waals surface area contributed by atoms with Crippen LogP contribution < -0.4 is 0 Å². The van der Waals surface area contributed by atoms with E-state index in [-0.39, 0.29) is 6.29 Å². The van der Waals surface area contributed by atoms with Crippen LogP contribution in [-0.4, -0.2) is 51.0 Å². The van der Waals surface area contributed by atoms with Crippen molar-refractivity contribution in [2.45, 2.75) is 24.7 Å². The second-order valence-electron chi connectivity index (χ2n) is 2.29. The molecule has 0 aliphatic carbocycles. The fraction of sp³-hybridized carbons (Fsp3) is 0.667. The van der Waals surface area contributed by atoms with E-state index >= 15 is 0 Å². The molecule has 0 amide bonds. The summed E-state index contributed by atoms with van der Waals surface area (Å²) in [4.78, 5) is 19.9. The molecule has 0 saturated heterocycles. The van der Waals surface area contributed by atoms with E-state index in [1.54, 1.807) is 0 Å². The predicted molar refractivity (Wildman–Crippen MR) is 36.3 cm³/mol. The number of aliphatic hydroxyl groups excluding tert-OH is 3. The molecule has 0 saturated carbocycles. The van der Waals surface area contributed by atoms with Crippen molar-refractivity contribution in [1.29, 1.82) is 0 Å². The first-order valence-electron chi connectivity index (χ1n) is 3.21. The van der Waals surface area contributed by atoms with Crippen LogP contribution in [0.25, 0.3) is 0 Å². The van der Waals surface area contributed by atoms with Crippen molar-refractivity contribution in [3.05, 3.63) is 0 Å². The first-order valence-corrected chi connectivity index (χ1v) is 3.21. The van der Waals surface area contributed by atoms with Crippen molar-refractivity contribution in [2.24, 2.45) is 0 Å². The van der Waals surface area contributed by atoms with Gasteiger partial charge in [-0.05, 0) is 0 Å². The Morgan fingerprint density at radius 2 is 1.83 bits per heavy atom. The maximum absolute atomic E-state index is 10.0. The van der Waals surface area contributed by atoms with Gasteiger partial charge in [-0.3, -0.25) is 0 Å². The number of hydrogen-bond acceptors (Lipinski definition) is 5. The Kier molecular flexibility index (Phi) is 4.42. The van der Waals surface area contributed by atoms with Gasteiger partial charge >= 0.3 is 5.97 Å². The van der Waals surface area contributed by atoms with E-state index in [0.29, 0.717) is 0 Å². The van der Waals surface area contributed by atoms with Crippen molar-refractivity contribution in [1.82, 2.24) is 0 Å². The molecule has 0 spiro atoms. The third-order valence-electron chi connectivity index (χ3n) is 1.26. The predicted octanol–water partition coefficient (Wildman–Crippen LogP) is -2.26. The molecule has 0 aromatic carbocycles. The maximum atomic E-state index is 10.0. The Morgan fingerprint density at radius 3 is 2.17 bits per heavy atom. The Labute approximate surface area is 68.1 Å². The summed E-state index contributed by atoms with van der Waals surface area (Å²) in [6.07, 6.45) is -5.40. The molecule has 0 unspecified atom stereocenters. The summed E-state index contributed by atoms with van der Waals surface area (Å²) in [6, 6.07) is 0. The summed E-state index contributed by atoms with van der Waals surface area (Å²) >= 11 is 0. The van der Waals surface area contributed by atoms with Gasteiger partial charge < -0.3 is 25.2 Å². The summed E-state index contributed by atoms with van der Waals surface area (Å²) in [7, 11) is 0. The number of carboxylic acids is 1. The molecule has 70 valence electrons. The van der Waals surface area contributed by atoms with Crippen LogP contribution in [0.2, 0.25) is 0 Å². The minimum Gasteiger partial charge on any atom is -0.479 e. The molecular weight excluding hydrogens is 168 g/mol. The highest BCUT2D eigenvalue weighted by molar-refractivity contribution is 5.72. The summed E-state index contributed by atoms with van der Waals surface area (Å²) in [5, 5.41) is 34.3. The molecule has 0 aromatic rings. The second kappa shape index (κ2) is 4.81. The van der Waals surface area contributed by atoms with E-state index in [4.69, 9.17) is 20.4 Å². The molecule has 3 atom stereocenters. The molecule has 0 fully saturated rings. The van der Waals surface area contributed by atoms with Crippen molar-refractivity contribution < 1.29 is 30.0 Å². The minimum absolute atomic E-state index is 0.151. The molecule has 0 rings (SSSR count). The largest absolute Gasteiger partial charge is 0.479 e. The molecule has 6 nitrogen and oxygen atoms in total. The molecule has 6 heteroatoms. The fourth-order valence-electron chi connectivity index (χ4n) is 0.596. The number of aliphatic carboxylic acids is 1. The lowest BCUT2D eigenvalue weighted by Gasteiger charge is -2.14. The second-order valence-corrected chi connectivity index (χ2v) is 2.29. The quantitative estimate of drug-likeness (QED) is 0.353. The van der Waals surface area contributed by atoms with Gasteiger partial charge in [0.1, 0.15) is 12.4 Å². The van der Waals surface area contributed by atoms with Crippen LogP contribution in [0.3, 0.4) is 0 Å². The zero-order valence-corrected chi connectivity index (χ0v) is 6.12. The SMILES string of the molecule is O=C[C@@H](O)C[C@H](O)[C@H](O)C(=O)O. The van der Waals surface area contributed by atoms with Crippen molar-refractivity contribution >= 4 is 12.3 Å². The van der Waals surface area contributed by atoms with E-state index in [9.17, 15) is 9.59 Å². The van der Waals surface area contributed by atoms with E-state index in [1.807, 2.05) is 0 Å². The van der Waals surface area contributed by atoms with E-state index in [1.165, 1.54) is 0 Å². The van der Waals surface area contributed by atoms with Gasteiger partial charge in [0, 0.05) is 6.42 Å². The van der Waals surface area contributed by atoms with Crippen LogP contribution in [0.4, 0.5) is 0 Å². The summed E-state index contributed by atoms with van der Waals surface area (Å²) in [5.74, 6) is -1.60. The zero-order chi connectivity index (χ0) is 9.72. The summed E-state index contributed by atoms with van der Waals surface area (Å²) in [6.45, 7) is 0. The number of aldehydes is 1. The topological polar surface area (TPSA) is 115 Å². The van der Waals surface area contributed by atoms with Gasteiger partial charge in [-0.15, -0.1) is 0 Å². The molecule has 0 bridgehead atoms. The Hall–Kier alpha value is -0.980. The maximum Gasteiger partial charge on any atom is 0.335 e. The number of aliphatic hydroxyl groups is 3. The Bertz CT molecular complexity index is 167. The van der Waals surface area contributed by atoms with Crippen LogP contribution in [0.15, 0.2) is 0 Å². The third-order valence-corrected chi connectivity index (χ3v) is 1.26. The average molecular weight is 178 g/mol. The average Bonchev–Trinajstić information content (AvgIpc) is 2.02. The normalized spacial score (nSPS) is 17.9. The van der Waals surface area contributed by atoms with E-state index in [0.717, 1.165) is 0 Å². The lowest BCUT2D eigenvalue weighted by atomic mass is 10.1. The van der Waals surface area contributed by atoms with E-state index < -0.39 is 30.7 Å². The highest BCUT2D eigenvalue weighted by Crippen LogP contribution is 2.01. The highest BCUT2D eigenvalue weighted by Gasteiger charge is 2.25. The van der Waals surface area contributed by atoms with E-state index in [2.05, 4.69) is 0 Å². The first-order chi connectivity index (χ1) is 5.49. The molecular formula is C6H10O6. The highest BCUT2D eigenvalue weighted by atomic mass is 16.4. The summed E-state index contributed by atoms with van der Waals surface area (Å²) in [5.41, 5.74) is 0. The lowest BCUT2D eigenvalue weighted by molar-refractivity contribution is -0.154. The lowest BCUT2D eigenvalue weighted by Crippen LogP contribution is -2.36. The zero-order valence-electron chi connectivity index (χ0n) is 6.12. The number of hydrogen-bond donors (Lipinski definition) is 4. The smallest absolute Gasteiger partial charge is 0.335 e. The minimum atomic E-state index is -1.97. The van der Waals surface area contributed by atoms with Crippen molar-refractivity contribution in [2.75, 3.05) is 0 Å². The standard InChI is InChI=1S/C6H10O6/c7-2-3(8)1-4(9)5(10)6(11)12/h2-5,8-10H,1H2,(H,11,12)/t3-,4-,5-/m0/s1. The van der Waals surface area contributed by atoms with Crippen molar-refractivity contribution in [3.8, 4) is 0 Å². The van der Waals surface area contributed by atoms with Crippen LogP contribution in [0, 0.1) is 0 Å². The van der Waals surface area contributed by atoms with Gasteiger partial charge in [-0.2, -0.15) is 0 Å². The van der Waals surface area contributed by atoms with Crippen molar-refractivity contribution in [3.63, 3.8) is 0 Å². The van der Waals surface area contributed by atoms with Gasteiger partial charge in [-0.1, -0.05) is 0 Å². The molecule has 0 aromatic heterocycles. The summed E-state index contributed by atoms with van der Waals surface area (Å²) < 4.78 is 0. The third kappa shape index (κ3) is 3.42. The molecule has 0 aliphatic rings. The molecule has 0 radical (unpaired) electrons. The molecule has 4 N–H and O–H groups in total. The fourth-order valence-corrected chi connectivity index (χ4v) is 0.596. The molecule has 0 heterocycles. The number of rotatable bonds is 5. The van der Waals surface area contributed by atoms with Gasteiger partial charge in [0.15, 0.2) is 6.10 Å². The van der Waals surface area contributed by atoms with Gasteiger partial charge in [0.2, 0.25) is 0 Å². The first kappa shape index (κ1) is 11.0. The van der Waals surface area contributed by atoms with Gasteiger partial charge in [0.25, 0.3) is 0 Å². The Morgan fingerprint density at radius 1 is 1.33 bits per heavy atom. The number of carbonyl (C=O) groups is 2.